The first kappa shape index (κ1) is 17.3. The summed E-state index contributed by atoms with van der Waals surface area (Å²) in [7, 11) is 0. The van der Waals surface area contributed by atoms with E-state index in [9.17, 15) is 9.59 Å². The van der Waals surface area contributed by atoms with E-state index < -0.39 is 0 Å². The van der Waals surface area contributed by atoms with Crippen LogP contribution in [-0.4, -0.2) is 48.0 Å². The van der Waals surface area contributed by atoms with Crippen molar-refractivity contribution >= 4 is 28.4 Å². The second-order valence-electron chi connectivity index (χ2n) is 6.53. The molecule has 1 aromatic heterocycles. The Bertz CT molecular complexity index is 973. The van der Waals surface area contributed by atoms with Gasteiger partial charge < -0.3 is 19.9 Å². The van der Waals surface area contributed by atoms with Crippen LogP contribution in [0, 0.1) is 0 Å². The molecule has 0 spiro atoms. The molecule has 1 aliphatic rings. The first-order chi connectivity index (χ1) is 13.2. The molecule has 0 unspecified atom stereocenters. The summed E-state index contributed by atoms with van der Waals surface area (Å²) in [6.07, 6.45) is 2.10. The molecule has 3 aromatic rings. The van der Waals surface area contributed by atoms with Gasteiger partial charge in [0.05, 0.1) is 30.9 Å². The molecule has 1 saturated heterocycles. The first-order valence-corrected chi connectivity index (χ1v) is 9.03. The fourth-order valence-electron chi connectivity index (χ4n) is 3.36. The number of nitrogens with one attached hydrogen (secondary N) is 2. The molecule has 1 aliphatic heterocycles. The standard InChI is InChI=1S/C21H21N3O3/c25-20(13-15-14-22-18-7-3-1-5-16(15)18)23-19-8-4-2-6-17(19)21(26)24-9-11-27-12-10-24/h1-8,14,22H,9-13H2,(H,23,25). The van der Waals surface area contributed by atoms with Gasteiger partial charge in [0.1, 0.15) is 0 Å². The number of carbonyl (C=O) groups excluding carboxylic acids is 2. The summed E-state index contributed by atoms with van der Waals surface area (Å²) >= 11 is 0. The zero-order valence-corrected chi connectivity index (χ0v) is 14.9. The van der Waals surface area contributed by atoms with Gasteiger partial charge in [-0.25, -0.2) is 0 Å². The summed E-state index contributed by atoms with van der Waals surface area (Å²) in [4.78, 5) is 30.3. The first-order valence-electron chi connectivity index (χ1n) is 9.03. The number of morpholine rings is 1. The molecule has 0 bridgehead atoms. The third kappa shape index (κ3) is 3.71. The molecule has 6 heteroatoms. The number of carbonyl (C=O) groups is 2. The quantitative estimate of drug-likeness (QED) is 0.749. The number of aromatic amines is 1. The lowest BCUT2D eigenvalue weighted by molar-refractivity contribution is -0.115. The number of nitrogens with zero attached hydrogens (tertiary/aromatic N) is 1. The highest BCUT2D eigenvalue weighted by atomic mass is 16.5. The van der Waals surface area contributed by atoms with Crippen LogP contribution >= 0.6 is 0 Å². The maximum atomic E-state index is 12.8. The van der Waals surface area contributed by atoms with Crippen LogP contribution in [0.1, 0.15) is 15.9 Å². The lowest BCUT2D eigenvalue weighted by Gasteiger charge is -2.27. The Morgan fingerprint density at radius 3 is 2.63 bits per heavy atom. The van der Waals surface area contributed by atoms with E-state index in [0.29, 0.717) is 37.6 Å². The third-order valence-corrected chi connectivity index (χ3v) is 4.76. The maximum Gasteiger partial charge on any atom is 0.256 e. The minimum absolute atomic E-state index is 0.0821. The van der Waals surface area contributed by atoms with Gasteiger partial charge >= 0.3 is 0 Å². The van der Waals surface area contributed by atoms with Gasteiger partial charge in [0.2, 0.25) is 5.91 Å². The van der Waals surface area contributed by atoms with Crippen molar-refractivity contribution in [3.8, 4) is 0 Å². The Morgan fingerprint density at radius 2 is 1.78 bits per heavy atom. The average molecular weight is 363 g/mol. The van der Waals surface area contributed by atoms with E-state index in [2.05, 4.69) is 10.3 Å². The van der Waals surface area contributed by atoms with Gasteiger partial charge in [-0.3, -0.25) is 9.59 Å². The van der Waals surface area contributed by atoms with E-state index in [1.165, 1.54) is 0 Å². The molecule has 0 atom stereocenters. The summed E-state index contributed by atoms with van der Waals surface area (Å²) in [5.74, 6) is -0.233. The molecule has 138 valence electrons. The zero-order valence-electron chi connectivity index (χ0n) is 14.9. The Kier molecular flexibility index (Phi) is 4.89. The van der Waals surface area contributed by atoms with Gasteiger partial charge in [-0.15, -0.1) is 0 Å². The van der Waals surface area contributed by atoms with E-state index in [-0.39, 0.29) is 18.2 Å². The maximum absolute atomic E-state index is 12.8. The van der Waals surface area contributed by atoms with Crippen LogP contribution < -0.4 is 5.32 Å². The van der Waals surface area contributed by atoms with Crippen molar-refractivity contribution in [3.05, 3.63) is 65.9 Å². The van der Waals surface area contributed by atoms with E-state index in [1.807, 2.05) is 42.6 Å². The number of fused-ring (bicyclic) bond motifs is 1. The van der Waals surface area contributed by atoms with Crippen molar-refractivity contribution in [2.45, 2.75) is 6.42 Å². The molecular formula is C21H21N3O3. The number of hydrogen-bond donors (Lipinski definition) is 2. The van der Waals surface area contributed by atoms with Crippen molar-refractivity contribution in [1.29, 1.82) is 0 Å². The van der Waals surface area contributed by atoms with Crippen molar-refractivity contribution in [2.24, 2.45) is 0 Å². The van der Waals surface area contributed by atoms with Crippen LogP contribution in [0.2, 0.25) is 0 Å². The van der Waals surface area contributed by atoms with Crippen LogP contribution in [0.3, 0.4) is 0 Å². The average Bonchev–Trinajstić information content (AvgIpc) is 3.11. The number of benzene rings is 2. The van der Waals surface area contributed by atoms with Crippen molar-refractivity contribution < 1.29 is 14.3 Å². The third-order valence-electron chi connectivity index (χ3n) is 4.76. The SMILES string of the molecule is O=C(Cc1c[nH]c2ccccc12)Nc1ccccc1C(=O)N1CCOCC1. The predicted octanol–water partition coefficient (Wildman–Crippen LogP) is 2.82. The number of para-hydroxylation sites is 2. The fourth-order valence-corrected chi connectivity index (χ4v) is 3.36. The van der Waals surface area contributed by atoms with E-state index >= 15 is 0 Å². The number of hydrogen-bond acceptors (Lipinski definition) is 3. The smallest absolute Gasteiger partial charge is 0.256 e. The molecule has 2 aromatic carbocycles. The summed E-state index contributed by atoms with van der Waals surface area (Å²) in [6, 6.07) is 15.0. The van der Waals surface area contributed by atoms with Crippen LogP contribution in [0.5, 0.6) is 0 Å². The molecule has 0 radical (unpaired) electrons. The normalized spacial score (nSPS) is 14.3. The molecule has 6 nitrogen and oxygen atoms in total. The molecule has 2 amide bonds. The van der Waals surface area contributed by atoms with Crippen LogP contribution in [0.25, 0.3) is 10.9 Å². The summed E-state index contributed by atoms with van der Waals surface area (Å²) in [5.41, 5.74) is 2.98. The number of anilines is 1. The molecular weight excluding hydrogens is 342 g/mol. The van der Waals surface area contributed by atoms with Gasteiger partial charge in [0.25, 0.3) is 5.91 Å². The van der Waals surface area contributed by atoms with E-state index in [0.717, 1.165) is 16.5 Å². The second kappa shape index (κ2) is 7.63. The molecule has 2 heterocycles. The Hall–Kier alpha value is -3.12. The number of aromatic nitrogens is 1. The molecule has 1 fully saturated rings. The largest absolute Gasteiger partial charge is 0.378 e. The highest BCUT2D eigenvalue weighted by molar-refractivity contribution is 6.04. The highest BCUT2D eigenvalue weighted by Gasteiger charge is 2.21. The topological polar surface area (TPSA) is 74.4 Å². The van der Waals surface area contributed by atoms with Crippen LogP contribution in [0.15, 0.2) is 54.7 Å². The second-order valence-corrected chi connectivity index (χ2v) is 6.53. The highest BCUT2D eigenvalue weighted by Crippen LogP contribution is 2.21. The lowest BCUT2D eigenvalue weighted by Crippen LogP contribution is -2.41. The van der Waals surface area contributed by atoms with Gasteiger partial charge in [0, 0.05) is 30.2 Å². The zero-order chi connectivity index (χ0) is 18.6. The minimum atomic E-state index is -0.151. The molecule has 4 rings (SSSR count). The number of ether oxygens (including phenoxy) is 1. The van der Waals surface area contributed by atoms with E-state index in [1.54, 1.807) is 17.0 Å². The fraction of sp³-hybridized carbons (Fsp3) is 0.238. The van der Waals surface area contributed by atoms with Gasteiger partial charge in [-0.05, 0) is 23.8 Å². The van der Waals surface area contributed by atoms with E-state index in [4.69, 9.17) is 4.74 Å². The molecule has 0 saturated carbocycles. The van der Waals surface area contributed by atoms with Crippen LogP contribution in [0.4, 0.5) is 5.69 Å². The van der Waals surface area contributed by atoms with Crippen LogP contribution in [-0.2, 0) is 16.0 Å². The van der Waals surface area contributed by atoms with Gasteiger partial charge in [0.15, 0.2) is 0 Å². The molecule has 27 heavy (non-hydrogen) atoms. The van der Waals surface area contributed by atoms with Crippen molar-refractivity contribution in [2.75, 3.05) is 31.6 Å². The van der Waals surface area contributed by atoms with Crippen molar-refractivity contribution in [3.63, 3.8) is 0 Å². The number of amides is 2. The molecule has 0 aliphatic carbocycles. The van der Waals surface area contributed by atoms with Gasteiger partial charge in [-0.2, -0.15) is 0 Å². The summed E-state index contributed by atoms with van der Waals surface area (Å²) < 4.78 is 5.31. The minimum Gasteiger partial charge on any atom is -0.378 e. The summed E-state index contributed by atoms with van der Waals surface area (Å²) in [5, 5.41) is 3.93. The Morgan fingerprint density at radius 1 is 1.04 bits per heavy atom. The molecule has 2 N–H and O–H groups in total. The monoisotopic (exact) mass is 363 g/mol. The predicted molar refractivity (Wildman–Crippen MR) is 104 cm³/mol. The number of rotatable bonds is 4. The Balaban J connectivity index is 1.50. The van der Waals surface area contributed by atoms with Gasteiger partial charge in [-0.1, -0.05) is 30.3 Å². The van der Waals surface area contributed by atoms with Crippen molar-refractivity contribution in [1.82, 2.24) is 9.88 Å². The summed E-state index contributed by atoms with van der Waals surface area (Å²) in [6.45, 7) is 2.22. The lowest BCUT2D eigenvalue weighted by atomic mass is 10.1. The Labute approximate surface area is 157 Å². The number of H-pyrrole nitrogens is 1.